The van der Waals surface area contributed by atoms with E-state index in [1.165, 1.54) is 25.7 Å². The largest absolute Gasteiger partial charge is 0.497 e. The molecule has 0 bridgehead atoms. The van der Waals surface area contributed by atoms with E-state index < -0.39 is 11.6 Å². The lowest BCUT2D eigenvalue weighted by Crippen LogP contribution is -2.29. The Balaban J connectivity index is 1.90. The Bertz CT molecular complexity index is 472. The molecule has 3 atom stereocenters. The molecule has 3 rings (SSSR count). The van der Waals surface area contributed by atoms with Crippen molar-refractivity contribution in [2.24, 2.45) is 17.8 Å². The lowest BCUT2D eigenvalue weighted by atomic mass is 9.88. The molecule has 4 heteroatoms. The lowest BCUT2D eigenvalue weighted by molar-refractivity contribution is 0.325. The van der Waals surface area contributed by atoms with Crippen LogP contribution in [0.3, 0.4) is 0 Å². The first-order valence-corrected chi connectivity index (χ1v) is 7.40. The zero-order valence-electron chi connectivity index (χ0n) is 12.0. The van der Waals surface area contributed by atoms with Crippen LogP contribution >= 0.6 is 0 Å². The average Bonchev–Trinajstić information content (AvgIpc) is 3.03. The van der Waals surface area contributed by atoms with Crippen LogP contribution in [-0.2, 0) is 0 Å². The quantitative estimate of drug-likeness (QED) is 0.889. The molecule has 0 aliphatic heterocycles. The molecule has 1 N–H and O–H groups in total. The van der Waals surface area contributed by atoms with E-state index in [0.717, 1.165) is 24.7 Å². The van der Waals surface area contributed by atoms with Crippen molar-refractivity contribution in [3.05, 3.63) is 29.3 Å². The summed E-state index contributed by atoms with van der Waals surface area (Å²) in [6, 6.07) is 2.33. The van der Waals surface area contributed by atoms with Crippen LogP contribution in [0, 0.1) is 29.4 Å². The highest BCUT2D eigenvalue weighted by molar-refractivity contribution is 5.33. The normalized spacial score (nSPS) is 29.1. The van der Waals surface area contributed by atoms with Crippen molar-refractivity contribution in [1.29, 1.82) is 0 Å². The molecule has 0 heterocycles. The molecule has 2 nitrogen and oxygen atoms in total. The number of hydrogen-bond acceptors (Lipinski definition) is 2. The second kappa shape index (κ2) is 5.32. The highest BCUT2D eigenvalue weighted by atomic mass is 19.1. The Hall–Kier alpha value is -1.16. The zero-order valence-corrected chi connectivity index (χ0v) is 12.0. The number of ether oxygens (including phenoxy) is 1. The number of rotatable bonds is 5. The van der Waals surface area contributed by atoms with Gasteiger partial charge in [0.2, 0.25) is 0 Å². The Morgan fingerprint density at radius 1 is 1.20 bits per heavy atom. The maximum Gasteiger partial charge on any atom is 0.134 e. The fourth-order valence-electron chi connectivity index (χ4n) is 3.73. The zero-order chi connectivity index (χ0) is 14.3. The van der Waals surface area contributed by atoms with Crippen LogP contribution in [-0.4, -0.2) is 13.7 Å². The van der Waals surface area contributed by atoms with E-state index in [1.54, 1.807) is 0 Å². The minimum Gasteiger partial charge on any atom is -0.497 e. The molecule has 3 unspecified atom stereocenters. The molecule has 0 amide bonds. The third-order valence-corrected chi connectivity index (χ3v) is 4.77. The molecule has 1 aromatic carbocycles. The monoisotopic (exact) mass is 281 g/mol. The first-order valence-electron chi connectivity index (χ1n) is 7.40. The molecule has 0 aromatic heterocycles. The number of methoxy groups -OCH3 is 1. The van der Waals surface area contributed by atoms with Gasteiger partial charge in [-0.1, -0.05) is 6.92 Å². The molecule has 20 heavy (non-hydrogen) atoms. The van der Waals surface area contributed by atoms with Crippen LogP contribution in [0.5, 0.6) is 5.75 Å². The summed E-state index contributed by atoms with van der Waals surface area (Å²) in [6.07, 6.45) is 3.49. The third kappa shape index (κ3) is 2.41. The molecule has 0 radical (unpaired) electrons. The Kier molecular flexibility index (Phi) is 3.67. The summed E-state index contributed by atoms with van der Waals surface area (Å²) in [5.74, 6) is 1.15. The Morgan fingerprint density at radius 2 is 1.80 bits per heavy atom. The summed E-state index contributed by atoms with van der Waals surface area (Å²) in [7, 11) is 1.42. The van der Waals surface area contributed by atoms with Crippen molar-refractivity contribution in [3.8, 4) is 5.75 Å². The Morgan fingerprint density at radius 3 is 2.30 bits per heavy atom. The molecule has 2 aliphatic carbocycles. The van der Waals surface area contributed by atoms with E-state index in [-0.39, 0.29) is 17.4 Å². The number of fused-ring (bicyclic) bond motifs is 1. The van der Waals surface area contributed by atoms with Gasteiger partial charge >= 0.3 is 0 Å². The van der Waals surface area contributed by atoms with Crippen molar-refractivity contribution < 1.29 is 13.5 Å². The van der Waals surface area contributed by atoms with Crippen molar-refractivity contribution in [2.75, 3.05) is 13.7 Å². The van der Waals surface area contributed by atoms with Gasteiger partial charge in [-0.15, -0.1) is 0 Å². The maximum atomic E-state index is 14.3. The van der Waals surface area contributed by atoms with Crippen molar-refractivity contribution in [1.82, 2.24) is 5.32 Å². The van der Waals surface area contributed by atoms with E-state index in [9.17, 15) is 8.78 Å². The standard InChI is InChI=1S/C16H21F2NO/c1-3-19-16(11-5-9-4-10(9)6-11)15-13(17)7-12(20-2)8-14(15)18/h7-11,16,19H,3-6H2,1-2H3. The van der Waals surface area contributed by atoms with Crippen LogP contribution in [0.2, 0.25) is 0 Å². The predicted octanol–water partition coefficient (Wildman–Crippen LogP) is 3.67. The fourth-order valence-corrected chi connectivity index (χ4v) is 3.73. The van der Waals surface area contributed by atoms with Gasteiger partial charge in [-0.05, 0) is 43.6 Å². The molecular weight excluding hydrogens is 260 g/mol. The molecule has 2 fully saturated rings. The van der Waals surface area contributed by atoms with Crippen LogP contribution in [0.1, 0.15) is 37.8 Å². The third-order valence-electron chi connectivity index (χ3n) is 4.77. The highest BCUT2D eigenvalue weighted by Crippen LogP contribution is 2.57. The van der Waals surface area contributed by atoms with Crippen LogP contribution in [0.25, 0.3) is 0 Å². The molecule has 2 saturated carbocycles. The number of hydrogen-bond donors (Lipinski definition) is 1. The highest BCUT2D eigenvalue weighted by Gasteiger charge is 2.48. The molecule has 110 valence electrons. The summed E-state index contributed by atoms with van der Waals surface area (Å²) in [5.41, 5.74) is 0.180. The van der Waals surface area contributed by atoms with Gasteiger partial charge in [-0.2, -0.15) is 0 Å². The van der Waals surface area contributed by atoms with Gasteiger partial charge in [0.1, 0.15) is 17.4 Å². The topological polar surface area (TPSA) is 21.3 Å². The minimum absolute atomic E-state index is 0.180. The van der Waals surface area contributed by atoms with Gasteiger partial charge in [0.15, 0.2) is 0 Å². The van der Waals surface area contributed by atoms with Crippen molar-refractivity contribution in [3.63, 3.8) is 0 Å². The van der Waals surface area contributed by atoms with Gasteiger partial charge in [0.25, 0.3) is 0 Å². The van der Waals surface area contributed by atoms with Gasteiger partial charge in [0.05, 0.1) is 7.11 Å². The molecule has 0 spiro atoms. The molecular formula is C16H21F2NO. The van der Waals surface area contributed by atoms with Crippen molar-refractivity contribution in [2.45, 2.75) is 32.2 Å². The first-order chi connectivity index (χ1) is 9.63. The molecule has 0 saturated heterocycles. The van der Waals surface area contributed by atoms with Crippen LogP contribution in [0.15, 0.2) is 12.1 Å². The maximum absolute atomic E-state index is 14.3. The van der Waals surface area contributed by atoms with E-state index in [2.05, 4.69) is 5.32 Å². The second-order valence-corrected chi connectivity index (χ2v) is 6.03. The summed E-state index contributed by atoms with van der Waals surface area (Å²) in [4.78, 5) is 0. The number of halogens is 2. The number of benzene rings is 1. The Labute approximate surface area is 118 Å². The van der Waals surface area contributed by atoms with Gasteiger partial charge in [0, 0.05) is 23.7 Å². The van der Waals surface area contributed by atoms with E-state index in [1.807, 2.05) is 6.92 Å². The van der Waals surface area contributed by atoms with E-state index in [0.29, 0.717) is 12.5 Å². The molecule has 1 aromatic rings. The first kappa shape index (κ1) is 13.8. The summed E-state index contributed by atoms with van der Waals surface area (Å²) in [5, 5.41) is 3.28. The van der Waals surface area contributed by atoms with Gasteiger partial charge < -0.3 is 10.1 Å². The van der Waals surface area contributed by atoms with Crippen LogP contribution in [0.4, 0.5) is 8.78 Å². The van der Waals surface area contributed by atoms with Gasteiger partial charge in [-0.3, -0.25) is 0 Å². The molecule has 2 aliphatic rings. The lowest BCUT2D eigenvalue weighted by Gasteiger charge is -2.27. The van der Waals surface area contributed by atoms with E-state index in [4.69, 9.17) is 4.74 Å². The summed E-state index contributed by atoms with van der Waals surface area (Å²) >= 11 is 0. The fraction of sp³-hybridized carbons (Fsp3) is 0.625. The predicted molar refractivity (Wildman–Crippen MR) is 73.6 cm³/mol. The second-order valence-electron chi connectivity index (χ2n) is 6.03. The van der Waals surface area contributed by atoms with E-state index >= 15 is 0 Å². The summed E-state index contributed by atoms with van der Waals surface area (Å²) in [6.45, 7) is 2.68. The minimum atomic E-state index is -0.506. The summed E-state index contributed by atoms with van der Waals surface area (Å²) < 4.78 is 33.5. The van der Waals surface area contributed by atoms with Crippen LogP contribution < -0.4 is 10.1 Å². The van der Waals surface area contributed by atoms with Crippen molar-refractivity contribution >= 4 is 0 Å². The average molecular weight is 281 g/mol. The smallest absolute Gasteiger partial charge is 0.134 e. The van der Waals surface area contributed by atoms with Gasteiger partial charge in [-0.25, -0.2) is 8.78 Å². The number of nitrogens with one attached hydrogen (secondary N) is 1. The SMILES string of the molecule is CCNC(c1c(F)cc(OC)cc1F)C1CC2CC2C1.